The SMILES string of the molecule is Cc1c(-c2cccc(C=O)c2)[nH]n(C)c1=O. The van der Waals surface area contributed by atoms with Crippen molar-refractivity contribution in [3.8, 4) is 11.3 Å². The summed E-state index contributed by atoms with van der Waals surface area (Å²) in [5, 5.41) is 2.97. The van der Waals surface area contributed by atoms with Gasteiger partial charge in [0.1, 0.15) is 6.29 Å². The Hall–Kier alpha value is -2.10. The smallest absolute Gasteiger partial charge is 0.269 e. The summed E-state index contributed by atoms with van der Waals surface area (Å²) in [4.78, 5) is 22.2. The fourth-order valence-corrected chi connectivity index (χ4v) is 1.71. The second kappa shape index (κ2) is 3.81. The molecule has 2 rings (SSSR count). The van der Waals surface area contributed by atoms with E-state index in [1.165, 1.54) is 4.68 Å². The quantitative estimate of drug-likeness (QED) is 0.773. The number of hydrogen-bond donors (Lipinski definition) is 1. The van der Waals surface area contributed by atoms with E-state index in [1.807, 2.05) is 6.07 Å². The molecule has 0 spiro atoms. The number of aromatic nitrogens is 2. The molecule has 0 unspecified atom stereocenters. The summed E-state index contributed by atoms with van der Waals surface area (Å²) >= 11 is 0. The third kappa shape index (κ3) is 1.58. The number of aldehydes is 1. The molecule has 0 aliphatic rings. The molecule has 0 bridgehead atoms. The van der Waals surface area contributed by atoms with Gasteiger partial charge in [-0.2, -0.15) is 0 Å². The highest BCUT2D eigenvalue weighted by Crippen LogP contribution is 2.19. The van der Waals surface area contributed by atoms with Gasteiger partial charge in [-0.05, 0) is 13.0 Å². The Morgan fingerprint density at radius 1 is 1.38 bits per heavy atom. The van der Waals surface area contributed by atoms with Crippen LogP contribution in [0.5, 0.6) is 0 Å². The van der Waals surface area contributed by atoms with Crippen LogP contribution in [-0.2, 0) is 7.05 Å². The van der Waals surface area contributed by atoms with Crippen LogP contribution in [0.2, 0.25) is 0 Å². The highest BCUT2D eigenvalue weighted by molar-refractivity contribution is 5.78. The van der Waals surface area contributed by atoms with Gasteiger partial charge in [0.05, 0.1) is 5.69 Å². The lowest BCUT2D eigenvalue weighted by atomic mass is 10.1. The van der Waals surface area contributed by atoms with E-state index in [2.05, 4.69) is 5.10 Å². The van der Waals surface area contributed by atoms with Crippen LogP contribution in [0.15, 0.2) is 29.1 Å². The molecule has 0 fully saturated rings. The minimum Gasteiger partial charge on any atom is -0.298 e. The molecule has 16 heavy (non-hydrogen) atoms. The molecule has 1 heterocycles. The lowest BCUT2D eigenvalue weighted by Crippen LogP contribution is -2.12. The maximum atomic E-state index is 11.6. The number of aromatic amines is 1. The van der Waals surface area contributed by atoms with Crippen molar-refractivity contribution in [3.05, 3.63) is 45.7 Å². The van der Waals surface area contributed by atoms with Gasteiger partial charge in [-0.15, -0.1) is 0 Å². The Labute approximate surface area is 92.5 Å². The number of benzene rings is 1. The summed E-state index contributed by atoms with van der Waals surface area (Å²) in [5.41, 5.74) is 2.81. The second-order valence-corrected chi connectivity index (χ2v) is 3.72. The Bertz CT molecular complexity index is 593. The van der Waals surface area contributed by atoms with Crippen LogP contribution >= 0.6 is 0 Å². The number of nitrogens with one attached hydrogen (secondary N) is 1. The third-order valence-electron chi connectivity index (χ3n) is 2.59. The normalized spacial score (nSPS) is 10.4. The molecule has 0 atom stereocenters. The Balaban J connectivity index is 2.62. The van der Waals surface area contributed by atoms with Crippen molar-refractivity contribution in [3.63, 3.8) is 0 Å². The summed E-state index contributed by atoms with van der Waals surface area (Å²) in [6.07, 6.45) is 0.792. The monoisotopic (exact) mass is 216 g/mol. The van der Waals surface area contributed by atoms with Crippen LogP contribution in [0.4, 0.5) is 0 Å². The van der Waals surface area contributed by atoms with Crippen molar-refractivity contribution in [2.45, 2.75) is 6.92 Å². The van der Waals surface area contributed by atoms with E-state index >= 15 is 0 Å². The summed E-state index contributed by atoms with van der Waals surface area (Å²) in [6.45, 7) is 1.77. The predicted octanol–water partition coefficient (Wildman–Crippen LogP) is 1.50. The van der Waals surface area contributed by atoms with Gasteiger partial charge in [0.2, 0.25) is 0 Å². The Morgan fingerprint density at radius 3 is 2.69 bits per heavy atom. The molecule has 82 valence electrons. The Kier molecular flexibility index (Phi) is 2.48. The molecular formula is C12H12N2O2. The first-order valence-electron chi connectivity index (χ1n) is 4.94. The molecule has 4 nitrogen and oxygen atoms in total. The zero-order valence-corrected chi connectivity index (χ0v) is 9.15. The molecule has 0 amide bonds. The fraction of sp³-hybridized carbons (Fsp3) is 0.167. The molecule has 1 aromatic carbocycles. The first kappa shape index (κ1) is 10.4. The minimum absolute atomic E-state index is 0.0495. The van der Waals surface area contributed by atoms with Gasteiger partial charge >= 0.3 is 0 Å². The molecule has 0 saturated heterocycles. The number of carbonyl (C=O) groups is 1. The van der Waals surface area contributed by atoms with Crippen LogP contribution < -0.4 is 5.56 Å². The highest BCUT2D eigenvalue weighted by Gasteiger charge is 2.09. The lowest BCUT2D eigenvalue weighted by molar-refractivity contribution is 0.112. The summed E-state index contributed by atoms with van der Waals surface area (Å²) in [6, 6.07) is 7.15. The van der Waals surface area contributed by atoms with Gasteiger partial charge < -0.3 is 0 Å². The van der Waals surface area contributed by atoms with Crippen molar-refractivity contribution in [2.75, 3.05) is 0 Å². The van der Waals surface area contributed by atoms with Crippen LogP contribution in [0, 0.1) is 6.92 Å². The Morgan fingerprint density at radius 2 is 2.12 bits per heavy atom. The van der Waals surface area contributed by atoms with Gasteiger partial charge in [0.25, 0.3) is 5.56 Å². The van der Waals surface area contributed by atoms with Crippen molar-refractivity contribution in [1.82, 2.24) is 9.78 Å². The molecule has 0 aliphatic carbocycles. The molecule has 0 saturated carbocycles. The molecule has 0 radical (unpaired) electrons. The van der Waals surface area contributed by atoms with E-state index in [4.69, 9.17) is 0 Å². The number of H-pyrrole nitrogens is 1. The number of rotatable bonds is 2. The molecule has 1 N–H and O–H groups in total. The molecule has 4 heteroatoms. The molecular weight excluding hydrogens is 204 g/mol. The van der Waals surface area contributed by atoms with E-state index in [9.17, 15) is 9.59 Å². The van der Waals surface area contributed by atoms with E-state index in [-0.39, 0.29) is 5.56 Å². The summed E-state index contributed by atoms with van der Waals surface area (Å²) in [5.74, 6) is 0. The largest absolute Gasteiger partial charge is 0.298 e. The summed E-state index contributed by atoms with van der Waals surface area (Å²) < 4.78 is 1.43. The zero-order valence-electron chi connectivity index (χ0n) is 9.15. The standard InChI is InChI=1S/C12H12N2O2/c1-8-11(13-14(2)12(8)16)10-5-3-4-9(6-10)7-15/h3-7,13H,1-2H3. The molecule has 1 aromatic heterocycles. The van der Waals surface area contributed by atoms with Crippen LogP contribution in [0.3, 0.4) is 0 Å². The van der Waals surface area contributed by atoms with Gasteiger partial charge in [0.15, 0.2) is 0 Å². The summed E-state index contributed by atoms with van der Waals surface area (Å²) in [7, 11) is 1.67. The average Bonchev–Trinajstić information content (AvgIpc) is 2.57. The zero-order chi connectivity index (χ0) is 11.7. The number of nitrogens with zero attached hydrogens (tertiary/aromatic N) is 1. The first-order valence-corrected chi connectivity index (χ1v) is 4.94. The van der Waals surface area contributed by atoms with Crippen LogP contribution in [-0.4, -0.2) is 16.1 Å². The topological polar surface area (TPSA) is 54.9 Å². The average molecular weight is 216 g/mol. The predicted molar refractivity (Wildman–Crippen MR) is 61.6 cm³/mol. The van der Waals surface area contributed by atoms with E-state index in [0.29, 0.717) is 11.1 Å². The lowest BCUT2D eigenvalue weighted by Gasteiger charge is -2.00. The third-order valence-corrected chi connectivity index (χ3v) is 2.59. The number of carbonyl (C=O) groups excluding carboxylic acids is 1. The van der Waals surface area contributed by atoms with Gasteiger partial charge in [-0.1, -0.05) is 18.2 Å². The second-order valence-electron chi connectivity index (χ2n) is 3.72. The van der Waals surface area contributed by atoms with Crippen molar-refractivity contribution >= 4 is 6.29 Å². The van der Waals surface area contributed by atoms with E-state index in [1.54, 1.807) is 32.2 Å². The van der Waals surface area contributed by atoms with Crippen molar-refractivity contribution in [1.29, 1.82) is 0 Å². The number of hydrogen-bond acceptors (Lipinski definition) is 2. The first-order chi connectivity index (χ1) is 7.63. The maximum absolute atomic E-state index is 11.6. The van der Waals surface area contributed by atoms with Crippen molar-refractivity contribution in [2.24, 2.45) is 7.05 Å². The van der Waals surface area contributed by atoms with E-state index < -0.39 is 0 Å². The van der Waals surface area contributed by atoms with Crippen LogP contribution in [0.1, 0.15) is 15.9 Å². The van der Waals surface area contributed by atoms with Gasteiger partial charge in [0, 0.05) is 23.7 Å². The number of aryl methyl sites for hydroxylation is 1. The van der Waals surface area contributed by atoms with Crippen molar-refractivity contribution < 1.29 is 4.79 Å². The maximum Gasteiger partial charge on any atom is 0.269 e. The van der Waals surface area contributed by atoms with E-state index in [0.717, 1.165) is 17.5 Å². The molecule has 2 aromatic rings. The van der Waals surface area contributed by atoms with Gasteiger partial charge in [-0.25, -0.2) is 0 Å². The van der Waals surface area contributed by atoms with Crippen LogP contribution in [0.25, 0.3) is 11.3 Å². The molecule has 0 aliphatic heterocycles. The van der Waals surface area contributed by atoms with Gasteiger partial charge in [-0.3, -0.25) is 19.4 Å². The highest BCUT2D eigenvalue weighted by atomic mass is 16.1. The minimum atomic E-state index is -0.0495. The fourth-order valence-electron chi connectivity index (χ4n) is 1.71.